The molecule has 0 bridgehead atoms. The third kappa shape index (κ3) is 3.40. The second-order valence-electron chi connectivity index (χ2n) is 5.00. The van der Waals surface area contributed by atoms with E-state index in [9.17, 15) is 0 Å². The molecule has 20 heavy (non-hydrogen) atoms. The van der Waals surface area contributed by atoms with Crippen molar-refractivity contribution in [3.63, 3.8) is 0 Å². The summed E-state index contributed by atoms with van der Waals surface area (Å²) in [5.41, 5.74) is 1.15. The van der Waals surface area contributed by atoms with E-state index in [0.29, 0.717) is 6.04 Å². The van der Waals surface area contributed by atoms with Gasteiger partial charge in [-0.25, -0.2) is 0 Å². The molecule has 2 heteroatoms. The van der Waals surface area contributed by atoms with Crippen LogP contribution in [0, 0.1) is 0 Å². The molecule has 0 amide bonds. The molecule has 1 atom stereocenters. The molecule has 2 aromatic carbocycles. The Kier molecular flexibility index (Phi) is 5.19. The van der Waals surface area contributed by atoms with E-state index < -0.39 is 0 Å². The van der Waals surface area contributed by atoms with Gasteiger partial charge in [0.2, 0.25) is 0 Å². The Morgan fingerprint density at radius 2 is 2.00 bits per heavy atom. The summed E-state index contributed by atoms with van der Waals surface area (Å²) in [7, 11) is 1.72. The van der Waals surface area contributed by atoms with Gasteiger partial charge in [0, 0.05) is 11.6 Å². The quantitative estimate of drug-likeness (QED) is 0.846. The van der Waals surface area contributed by atoms with E-state index in [4.69, 9.17) is 4.74 Å². The van der Waals surface area contributed by atoms with E-state index in [1.807, 2.05) is 6.07 Å². The Morgan fingerprint density at radius 3 is 2.75 bits per heavy atom. The molecule has 0 saturated carbocycles. The normalized spacial score (nSPS) is 12.9. The fourth-order valence-corrected chi connectivity index (χ4v) is 2.31. The predicted molar refractivity (Wildman–Crippen MR) is 87.3 cm³/mol. The van der Waals surface area contributed by atoms with Crippen molar-refractivity contribution in [2.24, 2.45) is 0 Å². The van der Waals surface area contributed by atoms with Crippen LogP contribution in [0.4, 0.5) is 0 Å². The number of methoxy groups -OCH3 is 1. The highest BCUT2D eigenvalue weighted by molar-refractivity contribution is 5.93. The molecule has 0 fully saturated rings. The highest BCUT2D eigenvalue weighted by Gasteiger charge is 2.05. The fourth-order valence-electron chi connectivity index (χ4n) is 2.31. The Hall–Kier alpha value is -1.80. The van der Waals surface area contributed by atoms with Crippen molar-refractivity contribution in [3.8, 4) is 5.75 Å². The first kappa shape index (κ1) is 14.6. The molecule has 2 rings (SSSR count). The molecule has 0 aliphatic heterocycles. The van der Waals surface area contributed by atoms with Gasteiger partial charge in [-0.3, -0.25) is 0 Å². The van der Waals surface area contributed by atoms with Crippen LogP contribution in [0.2, 0.25) is 0 Å². The van der Waals surface area contributed by atoms with Gasteiger partial charge >= 0.3 is 0 Å². The lowest BCUT2D eigenvalue weighted by atomic mass is 10.0. The van der Waals surface area contributed by atoms with Crippen LogP contribution in [0.25, 0.3) is 16.8 Å². The SMILES string of the molecule is CCCNC(C)/C=C/c1c(OC)ccc2ccccc12. The second kappa shape index (κ2) is 7.11. The maximum absolute atomic E-state index is 5.50. The monoisotopic (exact) mass is 269 g/mol. The van der Waals surface area contributed by atoms with Crippen LogP contribution in [0.5, 0.6) is 5.75 Å². The van der Waals surface area contributed by atoms with Gasteiger partial charge in [-0.05, 0) is 36.7 Å². The summed E-state index contributed by atoms with van der Waals surface area (Å²) >= 11 is 0. The molecule has 0 saturated heterocycles. The van der Waals surface area contributed by atoms with E-state index in [0.717, 1.165) is 24.3 Å². The van der Waals surface area contributed by atoms with Crippen molar-refractivity contribution in [1.29, 1.82) is 0 Å². The van der Waals surface area contributed by atoms with Crippen LogP contribution in [0.3, 0.4) is 0 Å². The molecule has 0 aliphatic carbocycles. The summed E-state index contributed by atoms with van der Waals surface area (Å²) in [4.78, 5) is 0. The van der Waals surface area contributed by atoms with Crippen molar-refractivity contribution < 1.29 is 4.74 Å². The molecule has 2 aromatic rings. The first-order valence-corrected chi connectivity index (χ1v) is 7.23. The number of hydrogen-bond donors (Lipinski definition) is 1. The van der Waals surface area contributed by atoms with Gasteiger partial charge < -0.3 is 10.1 Å². The summed E-state index contributed by atoms with van der Waals surface area (Å²) in [6.07, 6.45) is 5.50. The van der Waals surface area contributed by atoms with Gasteiger partial charge in [0.25, 0.3) is 0 Å². The molecule has 0 heterocycles. The molecular formula is C18H23NO. The Morgan fingerprint density at radius 1 is 1.20 bits per heavy atom. The van der Waals surface area contributed by atoms with Crippen LogP contribution in [-0.2, 0) is 0 Å². The minimum atomic E-state index is 0.360. The minimum absolute atomic E-state index is 0.360. The van der Waals surface area contributed by atoms with Crippen LogP contribution in [0.1, 0.15) is 25.8 Å². The Labute approximate surface area is 121 Å². The zero-order valence-corrected chi connectivity index (χ0v) is 12.5. The van der Waals surface area contributed by atoms with Crippen LogP contribution in [0.15, 0.2) is 42.5 Å². The number of hydrogen-bond acceptors (Lipinski definition) is 2. The van der Waals surface area contributed by atoms with Crippen molar-refractivity contribution in [3.05, 3.63) is 48.0 Å². The summed E-state index contributed by atoms with van der Waals surface area (Å²) in [6.45, 7) is 5.39. The summed E-state index contributed by atoms with van der Waals surface area (Å²) in [5, 5.41) is 5.93. The summed E-state index contributed by atoms with van der Waals surface area (Å²) in [5.74, 6) is 0.919. The van der Waals surface area contributed by atoms with Gasteiger partial charge in [-0.2, -0.15) is 0 Å². The summed E-state index contributed by atoms with van der Waals surface area (Å²) < 4.78 is 5.50. The van der Waals surface area contributed by atoms with Crippen LogP contribution in [-0.4, -0.2) is 19.7 Å². The second-order valence-corrected chi connectivity index (χ2v) is 5.00. The highest BCUT2D eigenvalue weighted by Crippen LogP contribution is 2.29. The van der Waals surface area contributed by atoms with E-state index in [1.165, 1.54) is 10.8 Å². The topological polar surface area (TPSA) is 21.3 Å². The van der Waals surface area contributed by atoms with Gasteiger partial charge in [0.05, 0.1) is 7.11 Å². The maximum Gasteiger partial charge on any atom is 0.126 e. The number of rotatable bonds is 6. The van der Waals surface area contributed by atoms with Crippen molar-refractivity contribution in [1.82, 2.24) is 5.32 Å². The van der Waals surface area contributed by atoms with E-state index in [1.54, 1.807) is 7.11 Å². The minimum Gasteiger partial charge on any atom is -0.496 e. The maximum atomic E-state index is 5.50. The Bertz CT molecular complexity index is 589. The number of benzene rings is 2. The third-order valence-corrected chi connectivity index (χ3v) is 3.42. The van der Waals surface area contributed by atoms with Gasteiger partial charge in [-0.15, -0.1) is 0 Å². The average Bonchev–Trinajstić information content (AvgIpc) is 2.50. The van der Waals surface area contributed by atoms with Crippen molar-refractivity contribution >= 4 is 16.8 Å². The van der Waals surface area contributed by atoms with Crippen molar-refractivity contribution in [2.45, 2.75) is 26.3 Å². The molecule has 2 nitrogen and oxygen atoms in total. The molecule has 1 unspecified atom stereocenters. The number of fused-ring (bicyclic) bond motifs is 1. The molecule has 0 radical (unpaired) electrons. The predicted octanol–water partition coefficient (Wildman–Crippen LogP) is 4.25. The average molecular weight is 269 g/mol. The lowest BCUT2D eigenvalue weighted by Gasteiger charge is -2.11. The first-order valence-electron chi connectivity index (χ1n) is 7.23. The smallest absolute Gasteiger partial charge is 0.126 e. The standard InChI is InChI=1S/C18H23NO/c1-4-13-19-14(2)9-11-17-16-8-6-5-7-15(16)10-12-18(17)20-3/h5-12,14,19H,4,13H2,1-3H3/b11-9+. The van der Waals surface area contributed by atoms with E-state index >= 15 is 0 Å². The van der Waals surface area contributed by atoms with Crippen LogP contribution >= 0.6 is 0 Å². The van der Waals surface area contributed by atoms with E-state index in [2.05, 4.69) is 61.6 Å². The number of ether oxygens (including phenoxy) is 1. The molecular weight excluding hydrogens is 246 g/mol. The van der Waals surface area contributed by atoms with Gasteiger partial charge in [0.1, 0.15) is 5.75 Å². The molecule has 0 spiro atoms. The molecule has 0 aromatic heterocycles. The first-order chi connectivity index (χ1) is 9.76. The van der Waals surface area contributed by atoms with Crippen molar-refractivity contribution in [2.75, 3.05) is 13.7 Å². The lowest BCUT2D eigenvalue weighted by molar-refractivity contribution is 0.414. The summed E-state index contributed by atoms with van der Waals surface area (Å²) in [6, 6.07) is 12.9. The molecule has 106 valence electrons. The highest BCUT2D eigenvalue weighted by atomic mass is 16.5. The van der Waals surface area contributed by atoms with Gasteiger partial charge in [0.15, 0.2) is 0 Å². The third-order valence-electron chi connectivity index (χ3n) is 3.42. The van der Waals surface area contributed by atoms with Gasteiger partial charge in [-0.1, -0.05) is 49.4 Å². The lowest BCUT2D eigenvalue weighted by Crippen LogP contribution is -2.24. The van der Waals surface area contributed by atoms with Crippen LogP contribution < -0.4 is 10.1 Å². The Balaban J connectivity index is 2.33. The van der Waals surface area contributed by atoms with E-state index in [-0.39, 0.29) is 0 Å². The zero-order valence-electron chi connectivity index (χ0n) is 12.5. The fraction of sp³-hybridized carbons (Fsp3) is 0.333. The number of nitrogens with one attached hydrogen (secondary N) is 1. The molecule has 1 N–H and O–H groups in total. The zero-order chi connectivity index (χ0) is 14.4. The largest absolute Gasteiger partial charge is 0.496 e. The molecule has 0 aliphatic rings.